The lowest BCUT2D eigenvalue weighted by molar-refractivity contribution is -0.123. The number of aryl methyl sites for hydroxylation is 1. The first-order chi connectivity index (χ1) is 9.77. The smallest absolute Gasteiger partial charge is 0.258 e. The summed E-state index contributed by atoms with van der Waals surface area (Å²) in [5.41, 5.74) is 0.482. The van der Waals surface area contributed by atoms with E-state index in [9.17, 15) is 13.2 Å². The topological polar surface area (TPSA) is 98.5 Å². The van der Waals surface area contributed by atoms with Gasteiger partial charge in [-0.2, -0.15) is 0 Å². The van der Waals surface area contributed by atoms with Gasteiger partial charge in [-0.3, -0.25) is 4.79 Å². The minimum absolute atomic E-state index is 0.0522. The summed E-state index contributed by atoms with van der Waals surface area (Å²) >= 11 is 0. The summed E-state index contributed by atoms with van der Waals surface area (Å²) in [6, 6.07) is 4.55. The van der Waals surface area contributed by atoms with Gasteiger partial charge in [0.1, 0.15) is 5.75 Å². The van der Waals surface area contributed by atoms with Gasteiger partial charge in [0.15, 0.2) is 6.61 Å². The zero-order chi connectivity index (χ0) is 16.0. The third-order valence-corrected chi connectivity index (χ3v) is 4.24. The first kappa shape index (κ1) is 17.5. The number of carbonyl (C=O) groups is 1. The Kier molecular flexibility index (Phi) is 6.17. The summed E-state index contributed by atoms with van der Waals surface area (Å²) in [5.74, 6) is 0.233. The van der Waals surface area contributed by atoms with E-state index >= 15 is 0 Å². The highest BCUT2D eigenvalue weighted by Crippen LogP contribution is 2.20. The maximum absolute atomic E-state index is 11.7. The Morgan fingerprint density at radius 3 is 2.43 bits per heavy atom. The largest absolute Gasteiger partial charge is 0.484 e. The van der Waals surface area contributed by atoms with Crippen LogP contribution in [0.1, 0.15) is 32.3 Å². The average molecular weight is 314 g/mol. The molecule has 0 saturated heterocycles. The zero-order valence-corrected chi connectivity index (χ0v) is 13.4. The predicted molar refractivity (Wildman–Crippen MR) is 80.6 cm³/mol. The molecule has 0 radical (unpaired) electrons. The van der Waals surface area contributed by atoms with E-state index in [-0.39, 0.29) is 23.5 Å². The molecule has 0 spiro atoms. The normalized spacial score (nSPS) is 11.5. The second-order valence-corrected chi connectivity index (χ2v) is 6.37. The predicted octanol–water partition coefficient (Wildman–Crippen LogP) is 1.33. The Balaban J connectivity index is 2.65. The maximum Gasteiger partial charge on any atom is 0.258 e. The number of primary sulfonamides is 1. The monoisotopic (exact) mass is 314 g/mol. The van der Waals surface area contributed by atoms with Gasteiger partial charge in [0.25, 0.3) is 5.91 Å². The lowest BCUT2D eigenvalue weighted by Crippen LogP contribution is -2.37. The van der Waals surface area contributed by atoms with Gasteiger partial charge in [0, 0.05) is 6.04 Å². The van der Waals surface area contributed by atoms with Crippen LogP contribution < -0.4 is 15.2 Å². The molecule has 0 aliphatic carbocycles. The van der Waals surface area contributed by atoms with Crippen LogP contribution in [0, 0.1) is 6.92 Å². The quantitative estimate of drug-likeness (QED) is 0.793. The van der Waals surface area contributed by atoms with Gasteiger partial charge in [0.2, 0.25) is 10.0 Å². The third kappa shape index (κ3) is 5.35. The highest BCUT2D eigenvalue weighted by molar-refractivity contribution is 7.89. The van der Waals surface area contributed by atoms with Gasteiger partial charge in [-0.05, 0) is 43.5 Å². The number of nitrogens with two attached hydrogens (primary N) is 1. The van der Waals surface area contributed by atoms with Gasteiger partial charge in [-0.25, -0.2) is 13.6 Å². The van der Waals surface area contributed by atoms with E-state index in [4.69, 9.17) is 9.88 Å². The summed E-state index contributed by atoms with van der Waals surface area (Å²) < 4.78 is 27.9. The molecule has 0 heterocycles. The van der Waals surface area contributed by atoms with Gasteiger partial charge >= 0.3 is 0 Å². The summed E-state index contributed by atoms with van der Waals surface area (Å²) in [6.07, 6.45) is 1.73. The van der Waals surface area contributed by atoms with E-state index in [1.54, 1.807) is 13.0 Å². The van der Waals surface area contributed by atoms with Crippen molar-refractivity contribution in [2.45, 2.75) is 44.6 Å². The van der Waals surface area contributed by atoms with Crippen molar-refractivity contribution in [1.29, 1.82) is 0 Å². The van der Waals surface area contributed by atoms with Gasteiger partial charge < -0.3 is 10.1 Å². The molecule has 7 heteroatoms. The first-order valence-corrected chi connectivity index (χ1v) is 8.38. The lowest BCUT2D eigenvalue weighted by Gasteiger charge is -2.15. The van der Waals surface area contributed by atoms with E-state index < -0.39 is 10.0 Å². The number of sulfonamides is 1. The highest BCUT2D eigenvalue weighted by Gasteiger charge is 2.13. The number of carbonyl (C=O) groups excluding carboxylic acids is 1. The molecule has 6 nitrogen and oxygen atoms in total. The summed E-state index contributed by atoms with van der Waals surface area (Å²) in [7, 11) is -3.74. The molecule has 1 aromatic rings. The summed E-state index contributed by atoms with van der Waals surface area (Å²) in [4.78, 5) is 11.8. The number of ether oxygens (including phenoxy) is 1. The molecular formula is C14H22N2O4S. The van der Waals surface area contributed by atoms with Crippen LogP contribution in [-0.4, -0.2) is 27.0 Å². The van der Waals surface area contributed by atoms with Crippen molar-refractivity contribution in [1.82, 2.24) is 5.32 Å². The Morgan fingerprint density at radius 1 is 1.33 bits per heavy atom. The number of hydrogen-bond donors (Lipinski definition) is 2. The Labute approximate surface area is 125 Å². The number of nitrogens with one attached hydrogen (secondary N) is 1. The van der Waals surface area contributed by atoms with E-state index in [1.165, 1.54) is 12.1 Å². The average Bonchev–Trinajstić information content (AvgIpc) is 2.41. The molecule has 0 unspecified atom stereocenters. The van der Waals surface area contributed by atoms with Crippen LogP contribution in [0.4, 0.5) is 0 Å². The van der Waals surface area contributed by atoms with Gasteiger partial charge in [0.05, 0.1) is 4.90 Å². The molecule has 1 aromatic carbocycles. The van der Waals surface area contributed by atoms with Crippen LogP contribution in [0.2, 0.25) is 0 Å². The third-order valence-electron chi connectivity index (χ3n) is 3.17. The van der Waals surface area contributed by atoms with Crippen LogP contribution >= 0.6 is 0 Å². The molecule has 0 fully saturated rings. The number of rotatable bonds is 7. The zero-order valence-electron chi connectivity index (χ0n) is 12.5. The standard InChI is InChI=1S/C14H22N2O4S/c1-4-11(5-2)16-14(17)9-20-12-6-7-13(10(3)8-12)21(15,18)19/h6-8,11H,4-5,9H2,1-3H3,(H,16,17)(H2,15,18,19). The van der Waals surface area contributed by atoms with Crippen LogP contribution in [-0.2, 0) is 14.8 Å². The summed E-state index contributed by atoms with van der Waals surface area (Å²) in [5, 5.41) is 7.94. The SMILES string of the molecule is CCC(CC)NC(=O)COc1ccc(S(N)(=O)=O)c(C)c1. The molecular weight excluding hydrogens is 292 g/mol. The molecule has 118 valence electrons. The first-order valence-electron chi connectivity index (χ1n) is 6.83. The fourth-order valence-electron chi connectivity index (χ4n) is 1.94. The molecule has 21 heavy (non-hydrogen) atoms. The molecule has 0 aliphatic heterocycles. The second kappa shape index (κ2) is 7.42. The number of amides is 1. The van der Waals surface area contributed by atoms with Crippen molar-refractivity contribution in [3.63, 3.8) is 0 Å². The van der Waals surface area contributed by atoms with Crippen molar-refractivity contribution in [2.24, 2.45) is 5.14 Å². The van der Waals surface area contributed by atoms with Crippen molar-refractivity contribution in [2.75, 3.05) is 6.61 Å². The maximum atomic E-state index is 11.7. The van der Waals surface area contributed by atoms with Crippen LogP contribution in [0.5, 0.6) is 5.75 Å². The van der Waals surface area contributed by atoms with E-state index in [2.05, 4.69) is 5.32 Å². The molecule has 0 bridgehead atoms. The minimum atomic E-state index is -3.74. The summed E-state index contributed by atoms with van der Waals surface area (Å²) in [6.45, 7) is 5.52. The van der Waals surface area contributed by atoms with Gasteiger partial charge in [-0.1, -0.05) is 13.8 Å². The number of hydrogen-bond acceptors (Lipinski definition) is 4. The minimum Gasteiger partial charge on any atom is -0.484 e. The molecule has 1 rings (SSSR count). The van der Waals surface area contributed by atoms with Crippen LogP contribution in [0.25, 0.3) is 0 Å². The van der Waals surface area contributed by atoms with Crippen LogP contribution in [0.3, 0.4) is 0 Å². The molecule has 0 atom stereocenters. The molecule has 0 saturated carbocycles. The Bertz CT molecular complexity index is 595. The number of benzene rings is 1. The van der Waals surface area contributed by atoms with Crippen molar-refractivity contribution in [3.05, 3.63) is 23.8 Å². The molecule has 0 aromatic heterocycles. The second-order valence-electron chi connectivity index (χ2n) is 4.84. The van der Waals surface area contributed by atoms with Crippen molar-refractivity contribution in [3.8, 4) is 5.75 Å². The Hall–Kier alpha value is -1.60. The fourth-order valence-corrected chi connectivity index (χ4v) is 2.71. The van der Waals surface area contributed by atoms with Crippen molar-refractivity contribution >= 4 is 15.9 Å². The highest BCUT2D eigenvalue weighted by atomic mass is 32.2. The van der Waals surface area contributed by atoms with E-state index in [0.717, 1.165) is 12.8 Å². The van der Waals surface area contributed by atoms with Crippen LogP contribution in [0.15, 0.2) is 23.1 Å². The Morgan fingerprint density at radius 2 is 1.95 bits per heavy atom. The van der Waals surface area contributed by atoms with Gasteiger partial charge in [-0.15, -0.1) is 0 Å². The van der Waals surface area contributed by atoms with E-state index in [0.29, 0.717) is 11.3 Å². The molecule has 0 aliphatic rings. The molecule has 3 N–H and O–H groups in total. The van der Waals surface area contributed by atoms with E-state index in [1.807, 2.05) is 13.8 Å². The fraction of sp³-hybridized carbons (Fsp3) is 0.500. The molecule has 1 amide bonds. The lowest BCUT2D eigenvalue weighted by atomic mass is 10.2. The van der Waals surface area contributed by atoms with Crippen molar-refractivity contribution < 1.29 is 17.9 Å².